The van der Waals surface area contributed by atoms with Crippen molar-refractivity contribution in [2.75, 3.05) is 43.1 Å². The van der Waals surface area contributed by atoms with Crippen LogP contribution in [0.15, 0.2) is 54.7 Å². The maximum Gasteiger partial charge on any atom is 0.279 e. The molecule has 1 aromatic heterocycles. The minimum Gasteiger partial charge on any atom is -0.481 e. The van der Waals surface area contributed by atoms with Crippen LogP contribution < -0.4 is 15.0 Å². The Balaban J connectivity index is 1.39. The van der Waals surface area contributed by atoms with E-state index in [1.165, 1.54) is 18.3 Å². The SMILES string of the molecule is O=C(COc1ccc([N+](=O)[O-])c2cccnc12)Nc1ccc(N2CCOCC2)cc1. The molecule has 30 heavy (non-hydrogen) atoms. The number of amides is 1. The van der Waals surface area contributed by atoms with Crippen molar-refractivity contribution in [2.45, 2.75) is 0 Å². The van der Waals surface area contributed by atoms with Gasteiger partial charge < -0.3 is 19.7 Å². The third-order valence-corrected chi connectivity index (χ3v) is 4.79. The van der Waals surface area contributed by atoms with Gasteiger partial charge in [-0.05, 0) is 42.5 Å². The molecule has 0 unspecified atom stereocenters. The Kier molecular flexibility index (Phi) is 5.71. The molecule has 3 aromatic rings. The monoisotopic (exact) mass is 408 g/mol. The van der Waals surface area contributed by atoms with Crippen molar-refractivity contribution >= 4 is 33.9 Å². The van der Waals surface area contributed by atoms with Crippen LogP contribution in [-0.2, 0) is 9.53 Å². The number of pyridine rings is 1. The highest BCUT2D eigenvalue weighted by Crippen LogP contribution is 2.31. The molecule has 1 N–H and O–H groups in total. The number of anilines is 2. The molecule has 1 aliphatic heterocycles. The normalized spacial score (nSPS) is 13.8. The third-order valence-electron chi connectivity index (χ3n) is 4.79. The van der Waals surface area contributed by atoms with Gasteiger partial charge in [0, 0.05) is 36.7 Å². The van der Waals surface area contributed by atoms with Crippen molar-refractivity contribution in [1.29, 1.82) is 0 Å². The second-order valence-electron chi connectivity index (χ2n) is 6.72. The van der Waals surface area contributed by atoms with E-state index in [-0.39, 0.29) is 18.2 Å². The molecule has 2 heterocycles. The number of non-ortho nitro benzene ring substituents is 1. The fraction of sp³-hybridized carbons (Fsp3) is 0.238. The molecule has 2 aromatic carbocycles. The number of nitro benzene ring substituents is 1. The lowest BCUT2D eigenvalue weighted by atomic mass is 10.1. The summed E-state index contributed by atoms with van der Waals surface area (Å²) in [6.07, 6.45) is 1.52. The van der Waals surface area contributed by atoms with Gasteiger partial charge in [-0.25, -0.2) is 0 Å². The molecule has 0 atom stereocenters. The number of nitrogens with one attached hydrogen (secondary N) is 1. The number of nitro groups is 1. The van der Waals surface area contributed by atoms with Crippen LogP contribution in [0.3, 0.4) is 0 Å². The van der Waals surface area contributed by atoms with Crippen LogP contribution in [0.25, 0.3) is 10.9 Å². The van der Waals surface area contributed by atoms with E-state index < -0.39 is 4.92 Å². The van der Waals surface area contributed by atoms with Gasteiger partial charge in [0.05, 0.1) is 23.5 Å². The average molecular weight is 408 g/mol. The molecule has 0 saturated carbocycles. The second kappa shape index (κ2) is 8.75. The van der Waals surface area contributed by atoms with Crippen LogP contribution in [0.2, 0.25) is 0 Å². The molecule has 0 bridgehead atoms. The zero-order valence-electron chi connectivity index (χ0n) is 16.1. The Morgan fingerprint density at radius 2 is 1.93 bits per heavy atom. The number of carbonyl (C=O) groups is 1. The van der Waals surface area contributed by atoms with E-state index in [0.717, 1.165) is 18.8 Å². The number of benzene rings is 2. The zero-order valence-corrected chi connectivity index (χ0v) is 16.1. The van der Waals surface area contributed by atoms with Gasteiger partial charge in [-0.2, -0.15) is 0 Å². The molecule has 1 fully saturated rings. The molecule has 0 aliphatic carbocycles. The lowest BCUT2D eigenvalue weighted by molar-refractivity contribution is -0.383. The number of nitrogens with zero attached hydrogens (tertiary/aromatic N) is 3. The van der Waals surface area contributed by atoms with Gasteiger partial charge in [0.1, 0.15) is 11.3 Å². The highest BCUT2D eigenvalue weighted by molar-refractivity contribution is 5.94. The standard InChI is InChI=1S/C21H20N4O5/c26-20(23-15-3-5-16(6-4-15)24-10-12-29-13-11-24)14-30-19-8-7-18(25(27)28)17-2-1-9-22-21(17)19/h1-9H,10-14H2,(H,23,26). The summed E-state index contributed by atoms with van der Waals surface area (Å²) < 4.78 is 10.9. The number of rotatable bonds is 6. The van der Waals surface area contributed by atoms with E-state index in [9.17, 15) is 14.9 Å². The van der Waals surface area contributed by atoms with Crippen molar-refractivity contribution < 1.29 is 19.2 Å². The Hall–Kier alpha value is -3.72. The summed E-state index contributed by atoms with van der Waals surface area (Å²) in [6, 6.07) is 13.6. The van der Waals surface area contributed by atoms with Crippen LogP contribution in [0.5, 0.6) is 5.75 Å². The van der Waals surface area contributed by atoms with Gasteiger partial charge in [-0.3, -0.25) is 19.9 Å². The number of hydrogen-bond acceptors (Lipinski definition) is 7. The van der Waals surface area contributed by atoms with Crippen molar-refractivity contribution in [3.05, 3.63) is 64.8 Å². The van der Waals surface area contributed by atoms with Crippen LogP contribution in [0.1, 0.15) is 0 Å². The van der Waals surface area contributed by atoms with Gasteiger partial charge in [0.25, 0.3) is 11.6 Å². The predicted octanol–water partition coefficient (Wildman–Crippen LogP) is 3.00. The Morgan fingerprint density at radius 3 is 2.67 bits per heavy atom. The van der Waals surface area contributed by atoms with Gasteiger partial charge in [-0.15, -0.1) is 0 Å². The molecule has 4 rings (SSSR count). The Morgan fingerprint density at radius 1 is 1.17 bits per heavy atom. The highest BCUT2D eigenvalue weighted by Gasteiger charge is 2.16. The van der Waals surface area contributed by atoms with Crippen molar-refractivity contribution in [3.63, 3.8) is 0 Å². The Bertz CT molecular complexity index is 1060. The number of fused-ring (bicyclic) bond motifs is 1. The molecule has 1 saturated heterocycles. The summed E-state index contributed by atoms with van der Waals surface area (Å²) in [7, 11) is 0. The number of ether oxygens (including phenoxy) is 2. The summed E-state index contributed by atoms with van der Waals surface area (Å²) >= 11 is 0. The van der Waals surface area contributed by atoms with E-state index in [4.69, 9.17) is 9.47 Å². The lowest BCUT2D eigenvalue weighted by Gasteiger charge is -2.28. The summed E-state index contributed by atoms with van der Waals surface area (Å²) in [5, 5.41) is 14.3. The van der Waals surface area contributed by atoms with Gasteiger partial charge >= 0.3 is 0 Å². The van der Waals surface area contributed by atoms with Gasteiger partial charge in [0.15, 0.2) is 6.61 Å². The van der Waals surface area contributed by atoms with E-state index in [1.807, 2.05) is 24.3 Å². The molecule has 0 spiro atoms. The first-order chi connectivity index (χ1) is 14.6. The van der Waals surface area contributed by atoms with Crippen molar-refractivity contribution in [2.24, 2.45) is 0 Å². The summed E-state index contributed by atoms with van der Waals surface area (Å²) in [5.74, 6) is -0.0226. The van der Waals surface area contributed by atoms with E-state index in [2.05, 4.69) is 15.2 Å². The maximum atomic E-state index is 12.3. The molecule has 9 heteroatoms. The molecular formula is C21H20N4O5. The minimum absolute atomic E-state index is 0.0599. The first-order valence-corrected chi connectivity index (χ1v) is 9.49. The number of hydrogen-bond donors (Lipinski definition) is 1. The maximum absolute atomic E-state index is 12.3. The minimum atomic E-state index is -0.471. The third kappa shape index (κ3) is 4.31. The molecular weight excluding hydrogens is 388 g/mol. The zero-order chi connectivity index (χ0) is 20.9. The Labute approximate surface area is 172 Å². The van der Waals surface area contributed by atoms with Crippen LogP contribution in [0, 0.1) is 10.1 Å². The fourth-order valence-electron chi connectivity index (χ4n) is 3.32. The second-order valence-corrected chi connectivity index (χ2v) is 6.72. The van der Waals surface area contributed by atoms with Crippen LogP contribution in [0.4, 0.5) is 17.1 Å². The van der Waals surface area contributed by atoms with Crippen LogP contribution in [-0.4, -0.2) is 48.7 Å². The molecule has 0 radical (unpaired) electrons. The average Bonchev–Trinajstić information content (AvgIpc) is 2.78. The molecule has 1 aliphatic rings. The fourth-order valence-corrected chi connectivity index (χ4v) is 3.32. The van der Waals surface area contributed by atoms with Crippen molar-refractivity contribution in [1.82, 2.24) is 4.98 Å². The first kappa shape index (κ1) is 19.6. The summed E-state index contributed by atoms with van der Waals surface area (Å²) in [4.78, 5) is 29.4. The largest absolute Gasteiger partial charge is 0.481 e. The van der Waals surface area contributed by atoms with Crippen LogP contribution >= 0.6 is 0 Å². The number of aromatic nitrogens is 1. The summed E-state index contributed by atoms with van der Waals surface area (Å²) in [6.45, 7) is 2.87. The topological polar surface area (TPSA) is 107 Å². The summed E-state index contributed by atoms with van der Waals surface area (Å²) in [5.41, 5.74) is 2.02. The van der Waals surface area contributed by atoms with Gasteiger partial charge in [-0.1, -0.05) is 0 Å². The highest BCUT2D eigenvalue weighted by atomic mass is 16.6. The van der Waals surface area contributed by atoms with Crippen molar-refractivity contribution in [3.8, 4) is 5.75 Å². The molecule has 1 amide bonds. The number of morpholine rings is 1. The van der Waals surface area contributed by atoms with E-state index >= 15 is 0 Å². The smallest absolute Gasteiger partial charge is 0.279 e. The van der Waals surface area contributed by atoms with Gasteiger partial charge in [0.2, 0.25) is 0 Å². The first-order valence-electron chi connectivity index (χ1n) is 9.49. The quantitative estimate of drug-likeness (QED) is 0.493. The van der Waals surface area contributed by atoms with E-state index in [1.54, 1.807) is 12.1 Å². The molecule has 9 nitrogen and oxygen atoms in total. The predicted molar refractivity (Wildman–Crippen MR) is 112 cm³/mol. The molecule has 154 valence electrons. The number of carbonyl (C=O) groups excluding carboxylic acids is 1. The lowest BCUT2D eigenvalue weighted by Crippen LogP contribution is -2.36. The van der Waals surface area contributed by atoms with E-state index in [0.29, 0.717) is 35.6 Å².